The lowest BCUT2D eigenvalue weighted by atomic mass is 10.1. The Balaban J connectivity index is 1.48. The van der Waals surface area contributed by atoms with Gasteiger partial charge in [0.15, 0.2) is 0 Å². The number of carbonyl (C=O) groups is 3. The Hall–Kier alpha value is -3.41. The minimum Gasteiger partial charge on any atom is -0.456 e. The Morgan fingerprint density at radius 3 is 2.71 bits per heavy atom. The summed E-state index contributed by atoms with van der Waals surface area (Å²) in [5.74, 6) is -0.751. The molecule has 0 aliphatic carbocycles. The summed E-state index contributed by atoms with van der Waals surface area (Å²) in [6, 6.07) is 14.0. The van der Waals surface area contributed by atoms with Crippen LogP contribution in [0.2, 0.25) is 5.02 Å². The maximum absolute atomic E-state index is 12.7. The van der Waals surface area contributed by atoms with Crippen LogP contribution in [0.1, 0.15) is 5.76 Å². The quantitative estimate of drug-likeness (QED) is 0.224. The Morgan fingerprint density at radius 2 is 1.97 bits per heavy atom. The summed E-state index contributed by atoms with van der Waals surface area (Å²) in [6.45, 7) is -0.477. The molecule has 34 heavy (non-hydrogen) atoms. The van der Waals surface area contributed by atoms with E-state index in [9.17, 15) is 24.5 Å². The number of anilines is 1. The highest BCUT2D eigenvalue weighted by molar-refractivity contribution is 9.10. The summed E-state index contributed by atoms with van der Waals surface area (Å²) in [4.78, 5) is 49.0. The lowest BCUT2D eigenvalue weighted by molar-refractivity contribution is -0.384. The molecule has 12 heteroatoms. The first kappa shape index (κ1) is 23.7. The first-order valence-electron chi connectivity index (χ1n) is 9.57. The zero-order valence-electron chi connectivity index (χ0n) is 17.0. The van der Waals surface area contributed by atoms with E-state index in [1.807, 2.05) is 0 Å². The van der Waals surface area contributed by atoms with Gasteiger partial charge in [0.1, 0.15) is 18.1 Å². The molecule has 3 amide bonds. The Bertz CT molecular complexity index is 1370. The van der Waals surface area contributed by atoms with E-state index < -0.39 is 28.5 Å². The standard InChI is InChI=1S/C22H13BrClN3O6S/c23-15-7-5-12(9-16(15)24)25-20(28)11-26-21(29)19(34-22(26)30)10-13-6-8-18(33-13)14-3-1-2-4-17(14)27(31)32/h1-10H,11H2,(H,25,28)/b19-10+. The largest absolute Gasteiger partial charge is 0.456 e. The van der Waals surface area contributed by atoms with Gasteiger partial charge in [0.05, 0.1) is 20.4 Å². The number of imide groups is 1. The molecule has 0 spiro atoms. The normalized spacial score (nSPS) is 14.6. The van der Waals surface area contributed by atoms with E-state index in [-0.39, 0.29) is 27.7 Å². The van der Waals surface area contributed by atoms with Crippen LogP contribution in [0.15, 0.2) is 68.4 Å². The van der Waals surface area contributed by atoms with Gasteiger partial charge in [-0.2, -0.15) is 0 Å². The fraction of sp³-hybridized carbons (Fsp3) is 0.0455. The number of nitro groups is 1. The molecule has 1 aliphatic heterocycles. The van der Waals surface area contributed by atoms with Crippen molar-refractivity contribution in [1.29, 1.82) is 0 Å². The molecular weight excluding hydrogens is 550 g/mol. The van der Waals surface area contributed by atoms with Gasteiger partial charge in [-0.15, -0.1) is 0 Å². The summed E-state index contributed by atoms with van der Waals surface area (Å²) >= 11 is 9.92. The fourth-order valence-corrected chi connectivity index (χ4v) is 4.35. The predicted molar refractivity (Wildman–Crippen MR) is 131 cm³/mol. The second-order valence-electron chi connectivity index (χ2n) is 6.92. The molecule has 0 unspecified atom stereocenters. The van der Waals surface area contributed by atoms with Gasteiger partial charge in [0.25, 0.3) is 16.8 Å². The van der Waals surface area contributed by atoms with E-state index in [1.54, 1.807) is 30.3 Å². The zero-order chi connectivity index (χ0) is 24.4. The molecular formula is C22H13BrClN3O6S. The second kappa shape index (κ2) is 9.84. The number of rotatable bonds is 6. The van der Waals surface area contributed by atoms with Crippen molar-refractivity contribution in [1.82, 2.24) is 4.90 Å². The fourth-order valence-electron chi connectivity index (χ4n) is 3.10. The Kier molecular flexibility index (Phi) is 6.87. The highest BCUT2D eigenvalue weighted by Gasteiger charge is 2.36. The number of benzene rings is 2. The number of hydrogen-bond acceptors (Lipinski definition) is 7. The van der Waals surface area contributed by atoms with Crippen molar-refractivity contribution < 1.29 is 23.7 Å². The number of amides is 3. The number of nitro benzene ring substituents is 1. The molecule has 172 valence electrons. The molecule has 2 aromatic carbocycles. The Labute approximate surface area is 210 Å². The van der Waals surface area contributed by atoms with Gasteiger partial charge >= 0.3 is 0 Å². The first-order valence-corrected chi connectivity index (χ1v) is 11.6. The summed E-state index contributed by atoms with van der Waals surface area (Å²) in [6.07, 6.45) is 1.36. The molecule has 4 rings (SSSR count). The summed E-state index contributed by atoms with van der Waals surface area (Å²) in [5, 5.41) is 13.6. The number of nitrogens with one attached hydrogen (secondary N) is 1. The molecule has 0 saturated carbocycles. The van der Waals surface area contributed by atoms with Crippen molar-refractivity contribution in [2.24, 2.45) is 0 Å². The molecule has 0 bridgehead atoms. The van der Waals surface area contributed by atoms with Crippen LogP contribution in [-0.4, -0.2) is 33.4 Å². The number of nitrogens with zero attached hydrogens (tertiary/aromatic N) is 2. The van der Waals surface area contributed by atoms with E-state index in [4.69, 9.17) is 16.0 Å². The summed E-state index contributed by atoms with van der Waals surface area (Å²) < 4.78 is 6.31. The molecule has 9 nitrogen and oxygen atoms in total. The molecule has 0 atom stereocenters. The molecule has 3 aromatic rings. The Morgan fingerprint density at radius 1 is 1.21 bits per heavy atom. The highest BCUT2D eigenvalue weighted by Crippen LogP contribution is 2.35. The van der Waals surface area contributed by atoms with Crippen LogP contribution in [0, 0.1) is 10.1 Å². The van der Waals surface area contributed by atoms with Crippen molar-refractivity contribution in [3.8, 4) is 11.3 Å². The predicted octanol–water partition coefficient (Wildman–Crippen LogP) is 5.95. The molecule has 1 aliphatic rings. The summed E-state index contributed by atoms with van der Waals surface area (Å²) in [7, 11) is 0. The molecule has 1 saturated heterocycles. The molecule has 0 radical (unpaired) electrons. The maximum Gasteiger partial charge on any atom is 0.294 e. The van der Waals surface area contributed by atoms with Gasteiger partial charge in [-0.3, -0.25) is 29.4 Å². The SMILES string of the molecule is O=C(CN1C(=O)S/C(=C/c2ccc(-c3ccccc3[N+](=O)[O-])o2)C1=O)Nc1ccc(Br)c(Cl)c1. The molecule has 1 fully saturated rings. The molecule has 1 N–H and O–H groups in total. The lowest BCUT2D eigenvalue weighted by Gasteiger charge is -2.12. The minimum atomic E-state index is -0.650. The van der Waals surface area contributed by atoms with Gasteiger partial charge in [-0.25, -0.2) is 0 Å². The smallest absolute Gasteiger partial charge is 0.294 e. The number of carbonyl (C=O) groups excluding carboxylic acids is 3. The van der Waals surface area contributed by atoms with Crippen LogP contribution in [0.25, 0.3) is 17.4 Å². The first-order chi connectivity index (χ1) is 16.2. The number of furan rings is 1. The van der Waals surface area contributed by atoms with E-state index in [0.29, 0.717) is 26.9 Å². The average molecular weight is 563 g/mol. The van der Waals surface area contributed by atoms with E-state index in [1.165, 1.54) is 30.3 Å². The van der Waals surface area contributed by atoms with Crippen LogP contribution in [0.5, 0.6) is 0 Å². The molecule has 1 aromatic heterocycles. The second-order valence-corrected chi connectivity index (χ2v) is 9.18. The summed E-state index contributed by atoms with van der Waals surface area (Å²) in [5.41, 5.74) is 0.575. The molecule has 2 heterocycles. The highest BCUT2D eigenvalue weighted by atomic mass is 79.9. The van der Waals surface area contributed by atoms with Crippen LogP contribution in [0.3, 0.4) is 0 Å². The van der Waals surface area contributed by atoms with Crippen LogP contribution in [0.4, 0.5) is 16.2 Å². The van der Waals surface area contributed by atoms with Gasteiger partial charge in [-0.05, 0) is 64.1 Å². The van der Waals surface area contributed by atoms with E-state index in [2.05, 4.69) is 21.2 Å². The van der Waals surface area contributed by atoms with Crippen LogP contribution in [-0.2, 0) is 9.59 Å². The van der Waals surface area contributed by atoms with Crippen LogP contribution >= 0.6 is 39.3 Å². The van der Waals surface area contributed by atoms with Crippen molar-refractivity contribution in [3.63, 3.8) is 0 Å². The topological polar surface area (TPSA) is 123 Å². The maximum atomic E-state index is 12.7. The van der Waals surface area contributed by atoms with E-state index in [0.717, 1.165) is 4.90 Å². The zero-order valence-corrected chi connectivity index (χ0v) is 20.1. The monoisotopic (exact) mass is 561 g/mol. The van der Waals surface area contributed by atoms with E-state index >= 15 is 0 Å². The number of hydrogen-bond donors (Lipinski definition) is 1. The third-order valence-electron chi connectivity index (χ3n) is 4.65. The van der Waals surface area contributed by atoms with Crippen molar-refractivity contribution in [2.75, 3.05) is 11.9 Å². The number of halogens is 2. The minimum absolute atomic E-state index is 0.0629. The van der Waals surface area contributed by atoms with Crippen molar-refractivity contribution in [3.05, 3.63) is 84.9 Å². The van der Waals surface area contributed by atoms with Crippen molar-refractivity contribution >= 4 is 73.8 Å². The number of para-hydroxylation sites is 1. The van der Waals surface area contributed by atoms with Gasteiger partial charge < -0.3 is 9.73 Å². The van der Waals surface area contributed by atoms with Crippen molar-refractivity contribution in [2.45, 2.75) is 0 Å². The lowest BCUT2D eigenvalue weighted by Crippen LogP contribution is -2.36. The van der Waals surface area contributed by atoms with Gasteiger partial charge in [0.2, 0.25) is 5.91 Å². The van der Waals surface area contributed by atoms with Crippen LogP contribution < -0.4 is 5.32 Å². The van der Waals surface area contributed by atoms with Gasteiger partial charge in [0, 0.05) is 22.3 Å². The van der Waals surface area contributed by atoms with Gasteiger partial charge in [-0.1, -0.05) is 23.7 Å². The number of thioether (sulfide) groups is 1. The third-order valence-corrected chi connectivity index (χ3v) is 6.78. The third kappa shape index (κ3) is 5.06. The average Bonchev–Trinajstić information content (AvgIpc) is 3.36.